The molecule has 192 valence electrons. The molecule has 2 heterocycles. The van der Waals surface area contributed by atoms with E-state index in [1.807, 2.05) is 18.4 Å². The molecule has 1 aliphatic rings. The number of carbonyl (C=O) groups excluding carboxylic acids is 2. The Labute approximate surface area is 227 Å². The van der Waals surface area contributed by atoms with Crippen molar-refractivity contribution in [3.63, 3.8) is 0 Å². The van der Waals surface area contributed by atoms with Crippen molar-refractivity contribution in [1.29, 1.82) is 0 Å². The van der Waals surface area contributed by atoms with Crippen LogP contribution in [0.15, 0.2) is 23.4 Å². The Kier molecular flexibility index (Phi) is 8.82. The lowest BCUT2D eigenvalue weighted by molar-refractivity contribution is -0.113. The summed E-state index contributed by atoms with van der Waals surface area (Å²) in [6.45, 7) is 4.42. The first-order valence-electron chi connectivity index (χ1n) is 11.5. The van der Waals surface area contributed by atoms with Gasteiger partial charge in [0.15, 0.2) is 17.1 Å². The van der Waals surface area contributed by atoms with Crippen molar-refractivity contribution < 1.29 is 19.1 Å². The minimum absolute atomic E-state index is 0.111. The van der Waals surface area contributed by atoms with Crippen molar-refractivity contribution in [3.8, 4) is 5.75 Å². The average Bonchev–Trinajstić information content (AvgIpc) is 3.44. The van der Waals surface area contributed by atoms with Crippen LogP contribution in [0.1, 0.15) is 59.4 Å². The van der Waals surface area contributed by atoms with Crippen LogP contribution in [0.4, 0.5) is 5.00 Å². The van der Waals surface area contributed by atoms with E-state index in [0.29, 0.717) is 43.9 Å². The Balaban J connectivity index is 1.44. The zero-order valence-electron chi connectivity index (χ0n) is 20.1. The molecule has 36 heavy (non-hydrogen) atoms. The number of aryl methyl sites for hydroxylation is 1. The predicted octanol–water partition coefficient (Wildman–Crippen LogP) is 6.20. The monoisotopic (exact) mass is 568 g/mol. The highest BCUT2D eigenvalue weighted by Crippen LogP contribution is 2.39. The minimum atomic E-state index is -0.431. The second-order valence-corrected chi connectivity index (χ2v) is 11.1. The third-order valence-corrected chi connectivity index (χ3v) is 8.47. The van der Waals surface area contributed by atoms with E-state index in [1.165, 1.54) is 30.2 Å². The maximum atomic E-state index is 12.8. The number of aromatic nitrogens is 3. The Bertz CT molecular complexity index is 1280. The third kappa shape index (κ3) is 5.82. The van der Waals surface area contributed by atoms with E-state index >= 15 is 0 Å². The fourth-order valence-electron chi connectivity index (χ4n) is 4.08. The van der Waals surface area contributed by atoms with E-state index < -0.39 is 12.1 Å². The summed E-state index contributed by atoms with van der Waals surface area (Å²) in [5, 5.41) is 13.6. The number of anilines is 1. The van der Waals surface area contributed by atoms with E-state index in [9.17, 15) is 9.59 Å². The zero-order valence-corrected chi connectivity index (χ0v) is 23.2. The number of amides is 1. The predicted molar refractivity (Wildman–Crippen MR) is 143 cm³/mol. The molecule has 1 aromatic carbocycles. The Morgan fingerprint density at radius 2 is 2.03 bits per heavy atom. The summed E-state index contributed by atoms with van der Waals surface area (Å²) in [6, 6.07) is 5.03. The number of hydrogen-bond donors (Lipinski definition) is 1. The molecule has 1 aliphatic carbocycles. The summed E-state index contributed by atoms with van der Waals surface area (Å²) in [7, 11) is 1.36. The lowest BCUT2D eigenvalue weighted by Crippen LogP contribution is -2.17. The Morgan fingerprint density at radius 3 is 2.75 bits per heavy atom. The van der Waals surface area contributed by atoms with E-state index in [-0.39, 0.29) is 11.7 Å². The highest BCUT2D eigenvalue weighted by Gasteiger charge is 2.27. The zero-order chi connectivity index (χ0) is 25.8. The third-order valence-electron chi connectivity index (χ3n) is 5.77. The molecule has 1 atom stereocenters. The molecule has 3 aromatic rings. The van der Waals surface area contributed by atoms with Crippen LogP contribution in [0.5, 0.6) is 5.75 Å². The molecule has 0 bridgehead atoms. The summed E-state index contributed by atoms with van der Waals surface area (Å²) in [5.74, 6) is 0.577. The number of thiophene rings is 1. The minimum Gasteiger partial charge on any atom is -0.481 e. The van der Waals surface area contributed by atoms with Gasteiger partial charge in [-0.25, -0.2) is 4.79 Å². The van der Waals surface area contributed by atoms with Crippen LogP contribution in [0.2, 0.25) is 10.0 Å². The normalized spacial score (nSPS) is 13.7. The molecule has 2 aromatic heterocycles. The number of ether oxygens (including phenoxy) is 2. The number of hydrogen-bond acceptors (Lipinski definition) is 8. The van der Waals surface area contributed by atoms with Gasteiger partial charge in [0.25, 0.3) is 0 Å². The van der Waals surface area contributed by atoms with Gasteiger partial charge in [-0.1, -0.05) is 35.0 Å². The number of carbonyl (C=O) groups is 2. The van der Waals surface area contributed by atoms with Gasteiger partial charge in [0.1, 0.15) is 10.8 Å². The molecule has 8 nitrogen and oxygen atoms in total. The van der Waals surface area contributed by atoms with Gasteiger partial charge in [-0.2, -0.15) is 0 Å². The molecule has 1 unspecified atom stereocenters. The van der Waals surface area contributed by atoms with Crippen LogP contribution in [-0.4, -0.2) is 39.5 Å². The number of rotatable bonds is 9. The van der Waals surface area contributed by atoms with Gasteiger partial charge in [-0.05, 0) is 63.3 Å². The maximum Gasteiger partial charge on any atom is 0.341 e. The lowest BCUT2D eigenvalue weighted by atomic mass is 9.95. The number of esters is 1. The molecule has 1 N–H and O–H groups in total. The first-order chi connectivity index (χ1) is 17.3. The van der Waals surface area contributed by atoms with Gasteiger partial charge < -0.3 is 19.4 Å². The summed E-state index contributed by atoms with van der Waals surface area (Å²) >= 11 is 14.9. The highest BCUT2D eigenvalue weighted by molar-refractivity contribution is 7.99. The van der Waals surface area contributed by atoms with Crippen LogP contribution >= 0.6 is 46.3 Å². The molecule has 0 fully saturated rings. The smallest absolute Gasteiger partial charge is 0.341 e. The summed E-state index contributed by atoms with van der Waals surface area (Å²) < 4.78 is 12.9. The van der Waals surface area contributed by atoms with Gasteiger partial charge in [0.05, 0.1) is 23.4 Å². The number of halogens is 2. The molecule has 0 radical (unpaired) electrons. The number of benzene rings is 1. The Morgan fingerprint density at radius 1 is 1.25 bits per heavy atom. The SMILES string of the molecule is CCn1c(SCC(=O)Nc2sc3c(c2C(=O)OC)CCCC3)nnc1C(C)Oc1ccc(Cl)cc1Cl. The summed E-state index contributed by atoms with van der Waals surface area (Å²) in [5.41, 5.74) is 1.49. The number of fused-ring (bicyclic) bond motifs is 1. The van der Waals surface area contributed by atoms with Gasteiger partial charge in [0.2, 0.25) is 5.91 Å². The van der Waals surface area contributed by atoms with Gasteiger partial charge in [-0.15, -0.1) is 21.5 Å². The van der Waals surface area contributed by atoms with Crippen LogP contribution < -0.4 is 10.1 Å². The van der Waals surface area contributed by atoms with Gasteiger partial charge in [-0.3, -0.25) is 4.79 Å². The molecule has 0 aliphatic heterocycles. The van der Waals surface area contributed by atoms with Crippen LogP contribution in [-0.2, 0) is 28.9 Å². The van der Waals surface area contributed by atoms with Crippen LogP contribution in [0.3, 0.4) is 0 Å². The molecule has 4 rings (SSSR count). The Hall–Kier alpha value is -2.27. The fraction of sp³-hybridized carbons (Fsp3) is 0.417. The first kappa shape index (κ1) is 26.8. The van der Waals surface area contributed by atoms with E-state index in [0.717, 1.165) is 36.1 Å². The fourth-order valence-corrected chi connectivity index (χ4v) is 6.64. The number of nitrogens with one attached hydrogen (secondary N) is 1. The van der Waals surface area contributed by atoms with Crippen molar-refractivity contribution >= 4 is 63.2 Å². The number of nitrogens with zero attached hydrogens (tertiary/aromatic N) is 3. The molecular formula is C24H26Cl2N4O4S2. The second-order valence-electron chi connectivity index (χ2n) is 8.16. The number of methoxy groups -OCH3 is 1. The van der Waals surface area contributed by atoms with Crippen molar-refractivity contribution in [1.82, 2.24) is 14.8 Å². The second kappa shape index (κ2) is 11.9. The van der Waals surface area contributed by atoms with E-state index in [4.69, 9.17) is 32.7 Å². The number of thioether (sulfide) groups is 1. The topological polar surface area (TPSA) is 95.3 Å². The van der Waals surface area contributed by atoms with E-state index in [2.05, 4.69) is 15.5 Å². The van der Waals surface area contributed by atoms with Crippen molar-refractivity contribution in [2.45, 2.75) is 57.3 Å². The standard InChI is InChI=1S/C24H26Cl2N4O4S2/c1-4-30-21(13(2)34-17-10-9-14(25)11-16(17)26)28-29-24(30)35-12-19(31)27-22-20(23(32)33-3)15-7-5-6-8-18(15)36-22/h9-11,13H,4-8,12H2,1-3H3,(H,27,31). The van der Waals surface area contributed by atoms with Crippen LogP contribution in [0.25, 0.3) is 0 Å². The van der Waals surface area contributed by atoms with Crippen molar-refractivity contribution in [2.24, 2.45) is 0 Å². The van der Waals surface area contributed by atoms with Gasteiger partial charge in [0, 0.05) is 16.4 Å². The molecule has 0 saturated heterocycles. The summed E-state index contributed by atoms with van der Waals surface area (Å²) in [4.78, 5) is 26.4. The quantitative estimate of drug-likeness (QED) is 0.242. The molecule has 0 saturated carbocycles. The van der Waals surface area contributed by atoms with Crippen molar-refractivity contribution in [2.75, 3.05) is 18.2 Å². The molecule has 1 amide bonds. The largest absolute Gasteiger partial charge is 0.481 e. The molecule has 12 heteroatoms. The maximum absolute atomic E-state index is 12.8. The van der Waals surface area contributed by atoms with Gasteiger partial charge >= 0.3 is 5.97 Å². The molecule has 0 spiro atoms. The summed E-state index contributed by atoms with van der Waals surface area (Å²) in [6.07, 6.45) is 3.42. The lowest BCUT2D eigenvalue weighted by Gasteiger charge is -2.16. The van der Waals surface area contributed by atoms with E-state index in [1.54, 1.807) is 18.2 Å². The first-order valence-corrected chi connectivity index (χ1v) is 14.1. The van der Waals surface area contributed by atoms with Crippen LogP contribution in [0, 0.1) is 0 Å². The average molecular weight is 570 g/mol. The molecular weight excluding hydrogens is 543 g/mol. The van der Waals surface area contributed by atoms with Crippen molar-refractivity contribution in [3.05, 3.63) is 50.1 Å². The highest BCUT2D eigenvalue weighted by atomic mass is 35.5.